The Hall–Kier alpha value is -0.780. The van der Waals surface area contributed by atoms with Gasteiger partial charge in [-0.1, -0.05) is 45.0 Å². The highest BCUT2D eigenvalue weighted by Crippen LogP contribution is 2.41. The topological polar surface area (TPSA) is 0 Å². The highest BCUT2D eigenvalue weighted by molar-refractivity contribution is 5.37. The van der Waals surface area contributed by atoms with Gasteiger partial charge < -0.3 is 0 Å². The van der Waals surface area contributed by atoms with Crippen LogP contribution >= 0.6 is 0 Å². The maximum atomic E-state index is 2.36. The smallest absolute Gasteiger partial charge is 0.0101 e. The zero-order valence-electron chi connectivity index (χ0n) is 8.80. The van der Waals surface area contributed by atoms with Gasteiger partial charge in [-0.25, -0.2) is 0 Å². The van der Waals surface area contributed by atoms with Crippen LogP contribution in [-0.2, 0) is 5.41 Å². The molecule has 70 valence electrons. The monoisotopic (exact) mass is 174 g/mol. The fraction of sp³-hybridized carbons (Fsp3) is 0.538. The van der Waals surface area contributed by atoms with Crippen LogP contribution in [0.4, 0.5) is 0 Å². The van der Waals surface area contributed by atoms with Crippen LogP contribution < -0.4 is 0 Å². The second kappa shape index (κ2) is 2.87. The molecule has 0 aromatic heterocycles. The lowest BCUT2D eigenvalue weighted by Crippen LogP contribution is -2.25. The highest BCUT2D eigenvalue weighted by Gasteiger charge is 2.29. The molecule has 0 saturated carbocycles. The Morgan fingerprint density at radius 1 is 1.23 bits per heavy atom. The van der Waals surface area contributed by atoms with Crippen LogP contribution in [0.3, 0.4) is 0 Å². The molecule has 0 radical (unpaired) electrons. The number of benzene rings is 1. The SMILES string of the molecule is C[C@H]1CCC(C)(C)c2ccccc21. The maximum Gasteiger partial charge on any atom is -0.0101 e. The van der Waals surface area contributed by atoms with Gasteiger partial charge >= 0.3 is 0 Å². The third-order valence-corrected chi connectivity index (χ3v) is 3.42. The number of fused-ring (bicyclic) bond motifs is 1. The molecule has 1 aromatic carbocycles. The lowest BCUT2D eigenvalue weighted by molar-refractivity contribution is 0.402. The second-order valence-electron chi connectivity index (χ2n) is 4.91. The molecule has 0 bridgehead atoms. The van der Waals surface area contributed by atoms with Crippen molar-refractivity contribution in [3.05, 3.63) is 35.4 Å². The summed E-state index contributed by atoms with van der Waals surface area (Å²) < 4.78 is 0. The molecule has 0 N–H and O–H groups in total. The van der Waals surface area contributed by atoms with E-state index >= 15 is 0 Å². The Bertz CT molecular complexity index is 310. The van der Waals surface area contributed by atoms with Crippen molar-refractivity contribution in [2.75, 3.05) is 0 Å². The zero-order valence-corrected chi connectivity index (χ0v) is 8.80. The van der Waals surface area contributed by atoms with Crippen molar-refractivity contribution in [2.24, 2.45) is 0 Å². The quantitative estimate of drug-likeness (QED) is 0.560. The first kappa shape index (κ1) is 8.80. The summed E-state index contributed by atoms with van der Waals surface area (Å²) in [7, 11) is 0. The van der Waals surface area contributed by atoms with Crippen molar-refractivity contribution in [3.63, 3.8) is 0 Å². The van der Waals surface area contributed by atoms with Crippen LogP contribution in [-0.4, -0.2) is 0 Å². The molecule has 0 heterocycles. The molecule has 0 spiro atoms. The third-order valence-electron chi connectivity index (χ3n) is 3.42. The van der Waals surface area contributed by atoms with Crippen molar-refractivity contribution < 1.29 is 0 Å². The summed E-state index contributed by atoms with van der Waals surface area (Å²) in [5.74, 6) is 0.754. The van der Waals surface area contributed by atoms with Crippen molar-refractivity contribution >= 4 is 0 Å². The van der Waals surface area contributed by atoms with Gasteiger partial charge in [0.05, 0.1) is 0 Å². The van der Waals surface area contributed by atoms with Gasteiger partial charge in [-0.05, 0) is 35.3 Å². The number of hydrogen-bond donors (Lipinski definition) is 0. The average Bonchev–Trinajstić information content (AvgIpc) is 2.13. The number of hydrogen-bond acceptors (Lipinski definition) is 0. The van der Waals surface area contributed by atoms with Gasteiger partial charge in [0.2, 0.25) is 0 Å². The summed E-state index contributed by atoms with van der Waals surface area (Å²) in [4.78, 5) is 0. The summed E-state index contributed by atoms with van der Waals surface area (Å²) in [5.41, 5.74) is 3.52. The molecular formula is C13H18. The molecule has 0 aliphatic heterocycles. The molecule has 0 amide bonds. The van der Waals surface area contributed by atoms with Gasteiger partial charge in [0.15, 0.2) is 0 Å². The van der Waals surface area contributed by atoms with E-state index in [-0.39, 0.29) is 0 Å². The lowest BCUT2D eigenvalue weighted by atomic mass is 9.69. The van der Waals surface area contributed by atoms with Crippen molar-refractivity contribution in [3.8, 4) is 0 Å². The van der Waals surface area contributed by atoms with Crippen LogP contribution in [0.25, 0.3) is 0 Å². The molecule has 1 aliphatic rings. The Balaban J connectivity index is 2.55. The Morgan fingerprint density at radius 2 is 1.92 bits per heavy atom. The molecule has 0 heteroatoms. The van der Waals surface area contributed by atoms with E-state index in [1.54, 1.807) is 11.1 Å². The largest absolute Gasteiger partial charge is 0.0620 e. The molecule has 1 aromatic rings. The van der Waals surface area contributed by atoms with Crippen LogP contribution in [0.1, 0.15) is 50.7 Å². The summed E-state index contributed by atoms with van der Waals surface area (Å²) in [5, 5.41) is 0. The first-order chi connectivity index (χ1) is 6.11. The van der Waals surface area contributed by atoms with Crippen LogP contribution in [0, 0.1) is 0 Å². The van der Waals surface area contributed by atoms with Gasteiger partial charge in [-0.3, -0.25) is 0 Å². The summed E-state index contributed by atoms with van der Waals surface area (Å²) in [6.45, 7) is 7.06. The van der Waals surface area contributed by atoms with Gasteiger partial charge in [-0.15, -0.1) is 0 Å². The van der Waals surface area contributed by atoms with Crippen LogP contribution in [0.15, 0.2) is 24.3 Å². The Kier molecular flexibility index (Phi) is 1.94. The van der Waals surface area contributed by atoms with E-state index in [9.17, 15) is 0 Å². The van der Waals surface area contributed by atoms with Gasteiger partial charge in [0, 0.05) is 0 Å². The van der Waals surface area contributed by atoms with Crippen molar-refractivity contribution in [2.45, 2.75) is 44.9 Å². The molecular weight excluding hydrogens is 156 g/mol. The van der Waals surface area contributed by atoms with Crippen molar-refractivity contribution in [1.29, 1.82) is 0 Å². The minimum atomic E-state index is 0.392. The standard InChI is InChI=1S/C13H18/c1-10-8-9-13(2,3)12-7-5-4-6-11(10)12/h4-7,10H,8-9H2,1-3H3/t10-/m0/s1. The molecule has 0 saturated heterocycles. The molecule has 13 heavy (non-hydrogen) atoms. The highest BCUT2D eigenvalue weighted by atomic mass is 14.3. The summed E-state index contributed by atoms with van der Waals surface area (Å²) in [6, 6.07) is 8.92. The van der Waals surface area contributed by atoms with Crippen LogP contribution in [0.2, 0.25) is 0 Å². The van der Waals surface area contributed by atoms with Gasteiger partial charge in [0.25, 0.3) is 0 Å². The third kappa shape index (κ3) is 1.39. The predicted molar refractivity (Wildman–Crippen MR) is 57.1 cm³/mol. The molecule has 0 unspecified atom stereocenters. The summed E-state index contributed by atoms with van der Waals surface area (Å²) in [6.07, 6.45) is 2.66. The molecule has 1 aliphatic carbocycles. The van der Waals surface area contributed by atoms with Crippen molar-refractivity contribution in [1.82, 2.24) is 0 Å². The second-order valence-corrected chi connectivity index (χ2v) is 4.91. The minimum absolute atomic E-state index is 0.392. The van der Waals surface area contributed by atoms with E-state index in [4.69, 9.17) is 0 Å². The van der Waals surface area contributed by atoms with E-state index in [2.05, 4.69) is 45.0 Å². The molecule has 2 rings (SSSR count). The normalized spacial score (nSPS) is 25.3. The Morgan fingerprint density at radius 3 is 2.62 bits per heavy atom. The van der Waals surface area contributed by atoms with E-state index in [0.717, 1.165) is 5.92 Å². The molecule has 0 fully saturated rings. The maximum absolute atomic E-state index is 2.36. The molecule has 0 nitrogen and oxygen atoms in total. The van der Waals surface area contributed by atoms with Gasteiger partial charge in [-0.2, -0.15) is 0 Å². The fourth-order valence-corrected chi connectivity index (χ4v) is 2.41. The van der Waals surface area contributed by atoms with E-state index < -0.39 is 0 Å². The Labute approximate surface area is 81.0 Å². The van der Waals surface area contributed by atoms with E-state index in [1.807, 2.05) is 0 Å². The van der Waals surface area contributed by atoms with E-state index in [0.29, 0.717) is 5.41 Å². The minimum Gasteiger partial charge on any atom is -0.0620 e. The molecule has 1 atom stereocenters. The first-order valence-corrected chi connectivity index (χ1v) is 5.21. The number of rotatable bonds is 0. The first-order valence-electron chi connectivity index (χ1n) is 5.21. The van der Waals surface area contributed by atoms with Crippen LogP contribution in [0.5, 0.6) is 0 Å². The predicted octanol–water partition coefficient (Wildman–Crippen LogP) is 3.86. The lowest BCUT2D eigenvalue weighted by Gasteiger charge is -2.35. The van der Waals surface area contributed by atoms with Gasteiger partial charge in [0.1, 0.15) is 0 Å². The zero-order chi connectivity index (χ0) is 9.47. The average molecular weight is 174 g/mol. The fourth-order valence-electron chi connectivity index (χ4n) is 2.41. The summed E-state index contributed by atoms with van der Waals surface area (Å²) >= 11 is 0. The van der Waals surface area contributed by atoms with E-state index in [1.165, 1.54) is 12.8 Å².